The molecule has 0 saturated carbocycles. The van der Waals surface area contributed by atoms with E-state index in [0.29, 0.717) is 13.0 Å². The maximum atomic E-state index is 11.7. The van der Waals surface area contributed by atoms with Gasteiger partial charge in [0.15, 0.2) is 0 Å². The molecular weight excluding hydrogens is 411 g/mol. The standard InChI is InChI=1S/C13H19NO3.3H2S2/c1-3-8-17-13(16)12(14-2)9-10-4-6-11(15)7-5-10;3*1-2/h4-7,12,14-15H,3,8-9H2,1-2H3;3*1-2H. The van der Waals surface area contributed by atoms with Crippen molar-refractivity contribution in [1.82, 2.24) is 5.32 Å². The zero-order valence-corrected chi connectivity index (χ0v) is 18.3. The molecule has 1 aromatic rings. The van der Waals surface area contributed by atoms with Crippen LogP contribution >= 0.6 is 70.0 Å². The van der Waals surface area contributed by atoms with Gasteiger partial charge in [-0.1, -0.05) is 19.1 Å². The topological polar surface area (TPSA) is 58.6 Å². The summed E-state index contributed by atoms with van der Waals surface area (Å²) in [6, 6.07) is 6.48. The van der Waals surface area contributed by atoms with Crippen LogP contribution in [0.5, 0.6) is 5.75 Å². The summed E-state index contributed by atoms with van der Waals surface area (Å²) in [5, 5.41) is 12.1. The molecule has 1 rings (SSSR count). The van der Waals surface area contributed by atoms with Crippen LogP contribution in [-0.4, -0.2) is 30.8 Å². The summed E-state index contributed by atoms with van der Waals surface area (Å²) in [6.45, 7) is 2.41. The summed E-state index contributed by atoms with van der Waals surface area (Å²) < 4.78 is 5.09. The number of carbonyl (C=O) groups excluding carboxylic acids is 1. The van der Waals surface area contributed by atoms with Gasteiger partial charge in [0.2, 0.25) is 0 Å². The van der Waals surface area contributed by atoms with Gasteiger partial charge in [-0.3, -0.25) is 4.79 Å². The number of phenols is 1. The highest BCUT2D eigenvalue weighted by Gasteiger charge is 2.17. The molecule has 0 saturated heterocycles. The fourth-order valence-electron chi connectivity index (χ4n) is 1.47. The van der Waals surface area contributed by atoms with Crippen LogP contribution in [0.3, 0.4) is 0 Å². The Morgan fingerprint density at radius 3 is 2.00 bits per heavy atom. The molecule has 4 nitrogen and oxygen atoms in total. The minimum Gasteiger partial charge on any atom is -0.508 e. The van der Waals surface area contributed by atoms with E-state index in [9.17, 15) is 4.79 Å². The van der Waals surface area contributed by atoms with Gasteiger partial charge in [0.25, 0.3) is 0 Å². The van der Waals surface area contributed by atoms with Crippen molar-refractivity contribution in [3.63, 3.8) is 0 Å². The molecule has 23 heavy (non-hydrogen) atoms. The van der Waals surface area contributed by atoms with E-state index in [1.165, 1.54) is 0 Å². The highest BCUT2D eigenvalue weighted by molar-refractivity contribution is 8.60. The predicted molar refractivity (Wildman–Crippen MR) is 120 cm³/mol. The molecule has 0 fully saturated rings. The average Bonchev–Trinajstić information content (AvgIpc) is 2.64. The van der Waals surface area contributed by atoms with Crippen molar-refractivity contribution < 1.29 is 14.6 Å². The molecule has 2 N–H and O–H groups in total. The van der Waals surface area contributed by atoms with Crippen LogP contribution in [0.4, 0.5) is 0 Å². The Morgan fingerprint density at radius 2 is 1.61 bits per heavy atom. The third-order valence-electron chi connectivity index (χ3n) is 2.46. The van der Waals surface area contributed by atoms with E-state index >= 15 is 0 Å². The second-order valence-corrected chi connectivity index (χ2v) is 3.88. The lowest BCUT2D eigenvalue weighted by Crippen LogP contribution is -2.37. The van der Waals surface area contributed by atoms with Gasteiger partial charge in [-0.05, 0) is 37.6 Å². The molecule has 1 aromatic carbocycles. The second-order valence-electron chi connectivity index (χ2n) is 3.88. The summed E-state index contributed by atoms with van der Waals surface area (Å²) in [5.41, 5.74) is 0.982. The van der Waals surface area contributed by atoms with Crippen LogP contribution in [0, 0.1) is 0 Å². The van der Waals surface area contributed by atoms with Gasteiger partial charge in [0.05, 0.1) is 6.61 Å². The maximum Gasteiger partial charge on any atom is 0.323 e. The molecule has 0 spiro atoms. The molecule has 0 aromatic heterocycles. The minimum absolute atomic E-state index is 0.225. The Morgan fingerprint density at radius 1 is 1.13 bits per heavy atom. The molecule has 0 radical (unpaired) electrons. The number of ether oxygens (including phenoxy) is 1. The van der Waals surface area contributed by atoms with Crippen molar-refractivity contribution in [3.8, 4) is 5.75 Å². The highest BCUT2D eigenvalue weighted by atomic mass is 33.1. The molecule has 0 bridgehead atoms. The van der Waals surface area contributed by atoms with E-state index in [0.717, 1.165) is 12.0 Å². The normalized spacial score (nSPS) is 9.74. The number of rotatable bonds is 6. The third-order valence-corrected chi connectivity index (χ3v) is 2.46. The van der Waals surface area contributed by atoms with E-state index < -0.39 is 0 Å². The Balaban J connectivity index is -0.000000595. The quantitative estimate of drug-likeness (QED) is 0.199. The van der Waals surface area contributed by atoms with Crippen LogP contribution in [-0.2, 0) is 16.0 Å². The molecule has 0 aliphatic rings. The van der Waals surface area contributed by atoms with Gasteiger partial charge < -0.3 is 15.2 Å². The van der Waals surface area contributed by atoms with Gasteiger partial charge in [0, 0.05) is 0 Å². The molecule has 0 heterocycles. The number of esters is 1. The van der Waals surface area contributed by atoms with Gasteiger partial charge in [-0.25, -0.2) is 0 Å². The SMILES string of the molecule is CCCOC(=O)C(Cc1ccc(O)cc1)NC.SS.SS.SS. The molecular formula is C13H25NO3S6. The summed E-state index contributed by atoms with van der Waals surface area (Å²) in [6.07, 6.45) is 1.38. The lowest BCUT2D eigenvalue weighted by atomic mass is 10.1. The zero-order valence-electron chi connectivity index (χ0n) is 13.0. The number of likely N-dealkylation sites (N-methyl/N-ethyl adjacent to an activating group) is 1. The van der Waals surface area contributed by atoms with Crippen molar-refractivity contribution in [3.05, 3.63) is 29.8 Å². The number of phenolic OH excluding ortho intramolecular Hbond substituents is 1. The first kappa shape index (κ1) is 28.4. The second kappa shape index (κ2) is 22.6. The van der Waals surface area contributed by atoms with E-state index in [4.69, 9.17) is 9.84 Å². The van der Waals surface area contributed by atoms with Gasteiger partial charge in [-0.15, -0.1) is 70.0 Å². The lowest BCUT2D eigenvalue weighted by molar-refractivity contribution is -0.146. The predicted octanol–water partition coefficient (Wildman–Crippen LogP) is 3.76. The Hall–Kier alpha value is 0.550. The number of hydrogen-bond acceptors (Lipinski definition) is 10. The zero-order chi connectivity index (χ0) is 18.7. The third kappa shape index (κ3) is 15.8. The minimum atomic E-state index is -0.342. The highest BCUT2D eigenvalue weighted by Crippen LogP contribution is 2.11. The van der Waals surface area contributed by atoms with E-state index in [-0.39, 0.29) is 17.8 Å². The van der Waals surface area contributed by atoms with Crippen LogP contribution in [0.15, 0.2) is 24.3 Å². The largest absolute Gasteiger partial charge is 0.508 e. The van der Waals surface area contributed by atoms with Crippen LogP contribution < -0.4 is 5.32 Å². The molecule has 0 aliphatic heterocycles. The Labute approximate surface area is 170 Å². The summed E-state index contributed by atoms with van der Waals surface area (Å²) in [4.78, 5) is 11.7. The average molecular weight is 436 g/mol. The summed E-state index contributed by atoms with van der Waals surface area (Å²) in [5.74, 6) is -0.00857. The van der Waals surface area contributed by atoms with Crippen LogP contribution in [0.25, 0.3) is 0 Å². The van der Waals surface area contributed by atoms with E-state index in [1.807, 2.05) is 6.92 Å². The van der Waals surface area contributed by atoms with Crippen LogP contribution in [0.2, 0.25) is 0 Å². The molecule has 10 heteroatoms. The molecule has 0 amide bonds. The van der Waals surface area contributed by atoms with Crippen molar-refractivity contribution in [2.24, 2.45) is 0 Å². The molecule has 1 unspecified atom stereocenters. The molecule has 0 aliphatic carbocycles. The molecule has 136 valence electrons. The number of thiol groups is 6. The maximum absolute atomic E-state index is 11.7. The number of aromatic hydroxyl groups is 1. The number of benzene rings is 1. The van der Waals surface area contributed by atoms with E-state index in [2.05, 4.69) is 75.3 Å². The van der Waals surface area contributed by atoms with E-state index in [1.54, 1.807) is 31.3 Å². The fourth-order valence-corrected chi connectivity index (χ4v) is 1.47. The first-order chi connectivity index (χ1) is 11.2. The van der Waals surface area contributed by atoms with Crippen molar-refractivity contribution in [2.75, 3.05) is 13.7 Å². The molecule has 1 atom stereocenters. The number of carbonyl (C=O) groups is 1. The number of nitrogens with one attached hydrogen (secondary N) is 1. The summed E-state index contributed by atoms with van der Waals surface area (Å²) >= 11 is 19.3. The fraction of sp³-hybridized carbons (Fsp3) is 0.462. The lowest BCUT2D eigenvalue weighted by Gasteiger charge is -2.15. The number of hydrogen-bond donors (Lipinski definition) is 8. The smallest absolute Gasteiger partial charge is 0.323 e. The van der Waals surface area contributed by atoms with Crippen LogP contribution in [0.1, 0.15) is 18.9 Å². The van der Waals surface area contributed by atoms with Gasteiger partial charge >= 0.3 is 5.97 Å². The van der Waals surface area contributed by atoms with Crippen molar-refractivity contribution >= 4 is 75.9 Å². The Bertz CT molecular complexity index is 367. The first-order valence-corrected chi connectivity index (χ1v) is 11.2. The monoisotopic (exact) mass is 435 g/mol. The van der Waals surface area contributed by atoms with Crippen molar-refractivity contribution in [1.29, 1.82) is 0 Å². The van der Waals surface area contributed by atoms with Gasteiger partial charge in [0.1, 0.15) is 11.8 Å². The van der Waals surface area contributed by atoms with Gasteiger partial charge in [-0.2, -0.15) is 0 Å². The Kier molecular flexibility index (Phi) is 27.8. The summed E-state index contributed by atoms with van der Waals surface area (Å²) in [7, 11) is 1.73. The first-order valence-electron chi connectivity index (χ1n) is 6.39. The van der Waals surface area contributed by atoms with Crippen molar-refractivity contribution in [2.45, 2.75) is 25.8 Å².